The molecule has 1 unspecified atom stereocenters. The van der Waals surface area contributed by atoms with E-state index in [2.05, 4.69) is 18.2 Å². The lowest BCUT2D eigenvalue weighted by molar-refractivity contribution is -0.138. The molecule has 3 aromatic carbocycles. The van der Waals surface area contributed by atoms with Gasteiger partial charge in [-0.1, -0.05) is 54.6 Å². The molecule has 0 saturated heterocycles. The van der Waals surface area contributed by atoms with Crippen LogP contribution in [0.2, 0.25) is 0 Å². The molecule has 5 rings (SSSR count). The number of carbonyl (C=O) groups excluding carboxylic acids is 1. The summed E-state index contributed by atoms with van der Waals surface area (Å²) in [5.74, 6) is -2.75. The number of ketones is 1. The Bertz CT molecular complexity index is 1330. The van der Waals surface area contributed by atoms with Crippen LogP contribution in [0, 0.1) is 11.7 Å². The molecule has 3 aromatic rings. The average Bonchev–Trinajstić information content (AvgIpc) is 2.77. The monoisotopic (exact) mass is 422 g/mol. The molecule has 0 radical (unpaired) electrons. The topological polar surface area (TPSA) is 17.1 Å². The standard InChI is InChI=1S/C26H18F4O/c27-23-7-3-6-22(26(28,29)30)24(23)25(31)17-9-8-16-11-12-19-18-5-2-1-4-15(18)10-13-20(19)21(16)14-17/h1-7,11-14,17H,8-10H2. The number of hydrogen-bond acceptors (Lipinski definition) is 1. The average molecular weight is 422 g/mol. The van der Waals surface area contributed by atoms with Crippen molar-refractivity contribution in [2.75, 3.05) is 0 Å². The summed E-state index contributed by atoms with van der Waals surface area (Å²) in [6.07, 6.45) is 0.697. The Labute approximate surface area is 176 Å². The second-order valence-electron chi connectivity index (χ2n) is 8.00. The number of benzene rings is 3. The van der Waals surface area contributed by atoms with Gasteiger partial charge in [0.05, 0.1) is 11.1 Å². The van der Waals surface area contributed by atoms with Gasteiger partial charge in [0.25, 0.3) is 0 Å². The Morgan fingerprint density at radius 1 is 0.871 bits per heavy atom. The van der Waals surface area contributed by atoms with Gasteiger partial charge >= 0.3 is 6.18 Å². The first-order valence-electron chi connectivity index (χ1n) is 10.2. The lowest BCUT2D eigenvalue weighted by Crippen LogP contribution is -2.37. The van der Waals surface area contributed by atoms with Crippen LogP contribution in [0.1, 0.15) is 33.5 Å². The number of carbonyl (C=O) groups is 1. The van der Waals surface area contributed by atoms with E-state index in [9.17, 15) is 22.4 Å². The quantitative estimate of drug-likeness (QED) is 0.416. The van der Waals surface area contributed by atoms with Gasteiger partial charge in [-0.3, -0.25) is 4.79 Å². The van der Waals surface area contributed by atoms with Gasteiger partial charge in [0.1, 0.15) is 5.82 Å². The van der Waals surface area contributed by atoms with Crippen LogP contribution in [0.15, 0.2) is 54.6 Å². The first-order valence-corrected chi connectivity index (χ1v) is 10.2. The molecule has 2 aliphatic carbocycles. The van der Waals surface area contributed by atoms with Crippen molar-refractivity contribution in [2.45, 2.75) is 25.4 Å². The van der Waals surface area contributed by atoms with Crippen molar-refractivity contribution in [1.82, 2.24) is 0 Å². The summed E-state index contributed by atoms with van der Waals surface area (Å²) in [7, 11) is 0. The van der Waals surface area contributed by atoms with Gasteiger partial charge < -0.3 is 0 Å². The maximum atomic E-state index is 14.4. The number of rotatable bonds is 2. The van der Waals surface area contributed by atoms with E-state index in [-0.39, 0.29) is 0 Å². The summed E-state index contributed by atoms with van der Waals surface area (Å²) in [5, 5.41) is 1.87. The molecule has 0 bridgehead atoms. The Morgan fingerprint density at radius 2 is 1.68 bits per heavy atom. The molecule has 0 aromatic heterocycles. The fourth-order valence-corrected chi connectivity index (χ4v) is 4.72. The largest absolute Gasteiger partial charge is 0.417 e. The Morgan fingerprint density at radius 3 is 2.48 bits per heavy atom. The van der Waals surface area contributed by atoms with Crippen LogP contribution in [0.4, 0.5) is 17.6 Å². The number of hydrogen-bond donors (Lipinski definition) is 0. The maximum absolute atomic E-state index is 14.4. The van der Waals surface area contributed by atoms with Crippen LogP contribution >= 0.6 is 0 Å². The SMILES string of the molecule is O=C(c1c(F)cccc1C(F)(F)F)C1C=c2c(ccc3c2=CCc2ccccc2-3)CC1. The van der Waals surface area contributed by atoms with Gasteiger partial charge in [-0.2, -0.15) is 13.2 Å². The molecule has 0 aliphatic heterocycles. The number of Topliss-reactive ketones (excluding diaryl/α,β-unsaturated/α-hetero) is 1. The summed E-state index contributed by atoms with van der Waals surface area (Å²) in [6, 6.07) is 14.8. The predicted molar refractivity (Wildman–Crippen MR) is 111 cm³/mol. The highest BCUT2D eigenvalue weighted by Gasteiger charge is 2.38. The molecule has 31 heavy (non-hydrogen) atoms. The van der Waals surface area contributed by atoms with Gasteiger partial charge in [-0.05, 0) is 64.1 Å². The van der Waals surface area contributed by atoms with Crippen molar-refractivity contribution >= 4 is 17.9 Å². The van der Waals surface area contributed by atoms with E-state index in [1.165, 1.54) is 5.56 Å². The normalized spacial score (nSPS) is 17.0. The lowest BCUT2D eigenvalue weighted by atomic mass is 9.81. The van der Waals surface area contributed by atoms with E-state index >= 15 is 0 Å². The van der Waals surface area contributed by atoms with Gasteiger partial charge in [0, 0.05) is 5.92 Å². The first-order chi connectivity index (χ1) is 14.8. The zero-order chi connectivity index (χ0) is 21.8. The van der Waals surface area contributed by atoms with Gasteiger partial charge in [0.2, 0.25) is 0 Å². The molecule has 5 heteroatoms. The number of halogens is 4. The third-order valence-corrected chi connectivity index (χ3v) is 6.21. The smallest absolute Gasteiger partial charge is 0.293 e. The molecule has 1 atom stereocenters. The van der Waals surface area contributed by atoms with Crippen LogP contribution in [-0.4, -0.2) is 5.78 Å². The fraction of sp³-hybridized carbons (Fsp3) is 0.192. The molecule has 0 saturated carbocycles. The van der Waals surface area contributed by atoms with Crippen molar-refractivity contribution in [3.05, 3.63) is 93.1 Å². The van der Waals surface area contributed by atoms with Crippen molar-refractivity contribution in [2.24, 2.45) is 5.92 Å². The number of fused-ring (bicyclic) bond motifs is 5. The molecular weight excluding hydrogens is 404 g/mol. The van der Waals surface area contributed by atoms with Crippen LogP contribution in [-0.2, 0) is 19.0 Å². The van der Waals surface area contributed by atoms with Crippen molar-refractivity contribution in [1.29, 1.82) is 0 Å². The third-order valence-electron chi connectivity index (χ3n) is 6.21. The first kappa shape index (κ1) is 19.7. The molecule has 1 nitrogen and oxygen atoms in total. The predicted octanol–water partition coefficient (Wildman–Crippen LogP) is 5.07. The second-order valence-corrected chi connectivity index (χ2v) is 8.00. The van der Waals surface area contributed by atoms with Gasteiger partial charge in [0.15, 0.2) is 5.78 Å². The van der Waals surface area contributed by atoms with E-state index in [0.29, 0.717) is 12.8 Å². The fourth-order valence-electron chi connectivity index (χ4n) is 4.72. The summed E-state index contributed by atoms with van der Waals surface area (Å²) in [5.41, 5.74) is 2.36. The van der Waals surface area contributed by atoms with E-state index in [0.717, 1.165) is 51.7 Å². The van der Waals surface area contributed by atoms with Crippen molar-refractivity contribution in [3.63, 3.8) is 0 Å². The minimum absolute atomic E-state index is 0.354. The molecular formula is C26H18F4O. The van der Waals surface area contributed by atoms with E-state index in [1.807, 2.05) is 24.3 Å². The van der Waals surface area contributed by atoms with Gasteiger partial charge in [-0.15, -0.1) is 0 Å². The number of aryl methyl sites for hydroxylation is 1. The van der Waals surface area contributed by atoms with Crippen molar-refractivity contribution in [3.8, 4) is 11.1 Å². The Hall–Kier alpha value is -3.21. The van der Waals surface area contributed by atoms with Crippen LogP contribution in [0.25, 0.3) is 23.3 Å². The Balaban J connectivity index is 1.65. The minimum Gasteiger partial charge on any atom is -0.293 e. The van der Waals surface area contributed by atoms with Crippen molar-refractivity contribution < 1.29 is 22.4 Å². The van der Waals surface area contributed by atoms with Crippen LogP contribution in [0.3, 0.4) is 0 Å². The minimum atomic E-state index is -4.80. The molecule has 156 valence electrons. The highest BCUT2D eigenvalue weighted by atomic mass is 19.4. The molecule has 0 heterocycles. The summed E-state index contributed by atoms with van der Waals surface area (Å²) < 4.78 is 54.7. The molecule has 0 spiro atoms. The summed E-state index contributed by atoms with van der Waals surface area (Å²) >= 11 is 0. The third kappa shape index (κ3) is 3.29. The summed E-state index contributed by atoms with van der Waals surface area (Å²) in [6.45, 7) is 0. The van der Waals surface area contributed by atoms with Gasteiger partial charge in [-0.25, -0.2) is 4.39 Å². The van der Waals surface area contributed by atoms with E-state index in [4.69, 9.17) is 0 Å². The second kappa shape index (κ2) is 7.19. The van der Waals surface area contributed by atoms with Crippen LogP contribution in [0.5, 0.6) is 0 Å². The van der Waals surface area contributed by atoms with E-state index < -0.39 is 34.8 Å². The van der Waals surface area contributed by atoms with E-state index in [1.54, 1.807) is 6.08 Å². The number of alkyl halides is 3. The lowest BCUT2D eigenvalue weighted by Gasteiger charge is -2.22. The molecule has 0 amide bonds. The highest BCUT2D eigenvalue weighted by molar-refractivity contribution is 6.03. The zero-order valence-corrected chi connectivity index (χ0v) is 16.5. The Kier molecular flexibility index (Phi) is 4.58. The highest BCUT2D eigenvalue weighted by Crippen LogP contribution is 2.35. The summed E-state index contributed by atoms with van der Waals surface area (Å²) in [4.78, 5) is 13.1. The maximum Gasteiger partial charge on any atom is 0.417 e. The molecule has 2 aliphatic rings. The molecule has 0 N–H and O–H groups in total. The molecule has 0 fully saturated rings. The zero-order valence-electron chi connectivity index (χ0n) is 16.5. The van der Waals surface area contributed by atoms with Crippen LogP contribution < -0.4 is 10.4 Å².